The predicted octanol–water partition coefficient (Wildman–Crippen LogP) is 1.02. The van der Waals surface area contributed by atoms with Crippen molar-refractivity contribution in [3.8, 4) is 0 Å². The molecule has 3 rings (SSSR count). The summed E-state index contributed by atoms with van der Waals surface area (Å²) in [7, 11) is 0. The van der Waals surface area contributed by atoms with Gasteiger partial charge in [0.1, 0.15) is 0 Å². The van der Waals surface area contributed by atoms with Gasteiger partial charge in [0.15, 0.2) is 0 Å². The van der Waals surface area contributed by atoms with Gasteiger partial charge in [-0.25, -0.2) is 0 Å². The maximum absolute atomic E-state index is 5.50. The number of thioether (sulfide) groups is 1. The molecule has 2 aliphatic heterocycles. The Morgan fingerprint density at radius 1 is 1.50 bits per heavy atom. The Kier molecular flexibility index (Phi) is 4.65. The summed E-state index contributed by atoms with van der Waals surface area (Å²) in [5, 5.41) is 10.7. The van der Waals surface area contributed by atoms with Crippen LogP contribution in [0.5, 0.6) is 0 Å². The number of morpholine rings is 1. The summed E-state index contributed by atoms with van der Waals surface area (Å²) in [4.78, 5) is 2.64. The fourth-order valence-electron chi connectivity index (χ4n) is 3.12. The van der Waals surface area contributed by atoms with Crippen molar-refractivity contribution < 1.29 is 4.74 Å². The van der Waals surface area contributed by atoms with Crippen molar-refractivity contribution in [1.82, 2.24) is 20.4 Å². The van der Waals surface area contributed by atoms with Gasteiger partial charge in [-0.05, 0) is 19.1 Å². The zero-order valence-electron chi connectivity index (χ0n) is 12.2. The molecule has 0 aliphatic carbocycles. The maximum Gasteiger partial charge on any atom is 0.0594 e. The van der Waals surface area contributed by atoms with Crippen LogP contribution in [0, 0.1) is 6.92 Å². The number of ether oxygens (including phenoxy) is 1. The van der Waals surface area contributed by atoms with Gasteiger partial charge in [0.25, 0.3) is 0 Å². The number of rotatable bonds is 5. The fourth-order valence-corrected chi connectivity index (χ4v) is 4.60. The van der Waals surface area contributed by atoms with Crippen LogP contribution in [-0.2, 0) is 11.3 Å². The summed E-state index contributed by atoms with van der Waals surface area (Å²) in [5.41, 5.74) is 2.76. The Morgan fingerprint density at radius 3 is 3.00 bits per heavy atom. The van der Waals surface area contributed by atoms with Crippen molar-refractivity contribution in [2.75, 3.05) is 44.4 Å². The van der Waals surface area contributed by atoms with Gasteiger partial charge >= 0.3 is 0 Å². The first-order valence-corrected chi connectivity index (χ1v) is 8.56. The minimum absolute atomic E-state index is 0.325. The topological polar surface area (TPSA) is 53.2 Å². The number of nitrogens with one attached hydrogen (secondary N) is 2. The quantitative estimate of drug-likeness (QED) is 0.849. The molecule has 1 atom stereocenters. The molecule has 0 saturated carbocycles. The van der Waals surface area contributed by atoms with Gasteiger partial charge in [0.2, 0.25) is 0 Å². The fraction of sp³-hybridized carbons (Fsp3) is 0.786. The average molecular weight is 296 g/mol. The van der Waals surface area contributed by atoms with Crippen LogP contribution < -0.4 is 5.32 Å². The molecule has 2 fully saturated rings. The Labute approximate surface area is 124 Å². The highest BCUT2D eigenvalue weighted by atomic mass is 32.2. The van der Waals surface area contributed by atoms with E-state index in [0.29, 0.717) is 5.54 Å². The van der Waals surface area contributed by atoms with E-state index in [0.717, 1.165) is 39.4 Å². The van der Waals surface area contributed by atoms with Crippen LogP contribution >= 0.6 is 11.8 Å². The molecule has 0 aromatic carbocycles. The predicted molar refractivity (Wildman–Crippen MR) is 82.1 cm³/mol. The lowest BCUT2D eigenvalue weighted by Crippen LogP contribution is -2.58. The number of hydrogen-bond acceptors (Lipinski definition) is 5. The minimum Gasteiger partial charge on any atom is -0.379 e. The van der Waals surface area contributed by atoms with E-state index in [-0.39, 0.29) is 0 Å². The number of H-pyrrole nitrogens is 1. The van der Waals surface area contributed by atoms with Gasteiger partial charge in [0, 0.05) is 48.7 Å². The SMILES string of the molecule is Cc1[nH]ncc1CNCC1(N2CCOCC2)CCSC1. The van der Waals surface area contributed by atoms with Crippen LogP contribution in [0.2, 0.25) is 0 Å². The Bertz CT molecular complexity index is 425. The van der Waals surface area contributed by atoms with Crippen molar-refractivity contribution in [1.29, 1.82) is 0 Å². The third-order valence-corrected chi connectivity index (χ3v) is 5.70. The molecule has 0 bridgehead atoms. The summed E-state index contributed by atoms with van der Waals surface area (Å²) in [6.45, 7) is 7.96. The van der Waals surface area contributed by atoms with E-state index in [1.54, 1.807) is 0 Å². The maximum atomic E-state index is 5.50. The largest absolute Gasteiger partial charge is 0.379 e. The summed E-state index contributed by atoms with van der Waals surface area (Å²) in [6, 6.07) is 0. The smallest absolute Gasteiger partial charge is 0.0594 e. The summed E-state index contributed by atoms with van der Waals surface area (Å²) in [5.74, 6) is 2.52. The molecule has 6 heteroatoms. The normalized spacial score (nSPS) is 28.1. The molecule has 5 nitrogen and oxygen atoms in total. The molecule has 1 aromatic heterocycles. The van der Waals surface area contributed by atoms with Crippen LogP contribution in [0.3, 0.4) is 0 Å². The highest BCUT2D eigenvalue weighted by Crippen LogP contribution is 2.33. The molecule has 2 aliphatic rings. The number of aryl methyl sites for hydroxylation is 1. The lowest BCUT2D eigenvalue weighted by molar-refractivity contribution is -0.0134. The van der Waals surface area contributed by atoms with Crippen molar-refractivity contribution in [2.45, 2.75) is 25.4 Å². The van der Waals surface area contributed by atoms with Gasteiger partial charge in [-0.15, -0.1) is 0 Å². The third kappa shape index (κ3) is 3.03. The number of nitrogens with zero attached hydrogens (tertiary/aromatic N) is 2. The van der Waals surface area contributed by atoms with Crippen molar-refractivity contribution in [2.24, 2.45) is 0 Å². The van der Waals surface area contributed by atoms with Crippen LogP contribution in [0.4, 0.5) is 0 Å². The second-order valence-electron chi connectivity index (χ2n) is 5.75. The molecule has 2 N–H and O–H groups in total. The zero-order valence-corrected chi connectivity index (χ0v) is 13.0. The third-order valence-electron chi connectivity index (χ3n) is 4.47. The lowest BCUT2D eigenvalue weighted by atomic mass is 9.95. The molecule has 0 radical (unpaired) electrons. The van der Waals surface area contributed by atoms with E-state index in [1.807, 2.05) is 6.20 Å². The second-order valence-corrected chi connectivity index (χ2v) is 6.86. The molecule has 0 spiro atoms. The number of aromatic amines is 1. The van der Waals surface area contributed by atoms with Crippen molar-refractivity contribution in [3.05, 3.63) is 17.5 Å². The summed E-state index contributed by atoms with van der Waals surface area (Å²) >= 11 is 2.08. The molecule has 1 aromatic rings. The number of hydrogen-bond donors (Lipinski definition) is 2. The van der Waals surface area contributed by atoms with Crippen LogP contribution in [-0.4, -0.2) is 65.0 Å². The number of aromatic nitrogens is 2. The first-order valence-electron chi connectivity index (χ1n) is 7.40. The van der Waals surface area contributed by atoms with E-state index in [4.69, 9.17) is 4.74 Å². The lowest BCUT2D eigenvalue weighted by Gasteiger charge is -2.43. The molecule has 0 amide bonds. The van der Waals surface area contributed by atoms with Gasteiger partial charge in [0.05, 0.1) is 19.4 Å². The van der Waals surface area contributed by atoms with E-state index in [2.05, 4.69) is 39.1 Å². The summed E-state index contributed by atoms with van der Waals surface area (Å²) in [6.07, 6.45) is 3.21. The van der Waals surface area contributed by atoms with Crippen LogP contribution in [0.1, 0.15) is 17.7 Å². The van der Waals surface area contributed by atoms with Crippen LogP contribution in [0.15, 0.2) is 6.20 Å². The summed E-state index contributed by atoms with van der Waals surface area (Å²) < 4.78 is 5.50. The van der Waals surface area contributed by atoms with Crippen molar-refractivity contribution in [3.63, 3.8) is 0 Å². The first kappa shape index (κ1) is 14.4. The molecule has 20 heavy (non-hydrogen) atoms. The van der Waals surface area contributed by atoms with Crippen LogP contribution in [0.25, 0.3) is 0 Å². The Morgan fingerprint density at radius 2 is 2.35 bits per heavy atom. The zero-order chi connectivity index (χ0) is 13.8. The Balaban J connectivity index is 1.58. The van der Waals surface area contributed by atoms with Gasteiger partial charge < -0.3 is 10.1 Å². The monoisotopic (exact) mass is 296 g/mol. The van der Waals surface area contributed by atoms with E-state index in [9.17, 15) is 0 Å². The highest BCUT2D eigenvalue weighted by Gasteiger charge is 2.40. The highest BCUT2D eigenvalue weighted by molar-refractivity contribution is 7.99. The van der Waals surface area contributed by atoms with Gasteiger partial charge in [-0.3, -0.25) is 10.00 Å². The van der Waals surface area contributed by atoms with E-state index >= 15 is 0 Å². The second kappa shape index (κ2) is 6.47. The van der Waals surface area contributed by atoms with E-state index in [1.165, 1.54) is 29.2 Å². The molecular weight excluding hydrogens is 272 g/mol. The van der Waals surface area contributed by atoms with Gasteiger partial charge in [-0.2, -0.15) is 16.9 Å². The molecule has 3 heterocycles. The molecular formula is C14H24N4OS. The van der Waals surface area contributed by atoms with Gasteiger partial charge in [-0.1, -0.05) is 0 Å². The van der Waals surface area contributed by atoms with E-state index < -0.39 is 0 Å². The average Bonchev–Trinajstić information content (AvgIpc) is 3.11. The minimum atomic E-state index is 0.325. The standard InChI is InChI=1S/C14H24N4OS/c1-12-13(9-16-17-12)8-15-10-14(2-7-20-11-14)18-3-5-19-6-4-18/h9,15H,2-8,10-11H2,1H3,(H,16,17). The van der Waals surface area contributed by atoms with Crippen molar-refractivity contribution >= 4 is 11.8 Å². The molecule has 2 saturated heterocycles. The Hall–Kier alpha value is -0.560. The first-order chi connectivity index (χ1) is 9.80. The molecule has 112 valence electrons. The molecule has 1 unspecified atom stereocenters.